The lowest BCUT2D eigenvalue weighted by molar-refractivity contribution is -0.141. The van der Waals surface area contributed by atoms with Crippen LogP contribution in [0.2, 0.25) is 0 Å². The smallest absolute Gasteiger partial charge is 0.367 e. The number of aromatic nitrogens is 5. The third-order valence-corrected chi connectivity index (χ3v) is 12.1. The Hall–Kier alpha value is -5.51. The first-order valence-corrected chi connectivity index (χ1v) is 19.8. The van der Waals surface area contributed by atoms with Crippen LogP contribution in [-0.2, 0) is 15.8 Å². The number of amides is 3. The molecule has 4 fully saturated rings. The number of nitrogens with one attached hydrogen (secondary N) is 2. The van der Waals surface area contributed by atoms with Crippen molar-refractivity contribution in [2.24, 2.45) is 5.92 Å². The summed E-state index contributed by atoms with van der Waals surface area (Å²) in [5.74, 6) is -0.863. The summed E-state index contributed by atoms with van der Waals surface area (Å²) >= 11 is 0. The van der Waals surface area contributed by atoms with Gasteiger partial charge in [0.2, 0.25) is 11.8 Å². The molecule has 57 heavy (non-hydrogen) atoms. The van der Waals surface area contributed by atoms with E-state index in [9.17, 15) is 32.3 Å². The normalized spacial score (nSPS) is 22.3. The van der Waals surface area contributed by atoms with E-state index in [1.54, 1.807) is 4.57 Å². The molecule has 13 nitrogen and oxygen atoms in total. The highest BCUT2D eigenvalue weighted by Crippen LogP contribution is 2.41. The number of piperazine rings is 1. The topological polar surface area (TPSA) is 139 Å². The van der Waals surface area contributed by atoms with E-state index in [0.29, 0.717) is 18.0 Å². The second-order valence-corrected chi connectivity index (χ2v) is 16.0. The van der Waals surface area contributed by atoms with Gasteiger partial charge in [0, 0.05) is 62.5 Å². The molecule has 5 heterocycles. The van der Waals surface area contributed by atoms with Gasteiger partial charge in [-0.05, 0) is 99.7 Å². The predicted octanol–water partition coefficient (Wildman–Crippen LogP) is 5.99. The molecule has 3 amide bonds. The van der Waals surface area contributed by atoms with Crippen LogP contribution in [0.5, 0.6) is 0 Å². The van der Waals surface area contributed by atoms with Crippen molar-refractivity contribution in [3.8, 4) is 0 Å². The fraction of sp³-hybridized carbons (Fsp3) is 0.463. The Labute approximate surface area is 325 Å². The minimum Gasteiger partial charge on any atom is -0.367 e. The number of carbonyl (C=O) groups excluding carboxylic acids is 3. The van der Waals surface area contributed by atoms with Crippen molar-refractivity contribution in [2.75, 3.05) is 42.9 Å². The van der Waals surface area contributed by atoms with E-state index in [0.717, 1.165) is 111 Å². The third kappa shape index (κ3) is 7.19. The van der Waals surface area contributed by atoms with Gasteiger partial charge in [-0.3, -0.25) is 38.4 Å². The number of aryl methyl sites for hydroxylation is 1. The molecule has 3 aromatic heterocycles. The lowest BCUT2D eigenvalue weighted by Crippen LogP contribution is -2.48. The Morgan fingerprint density at radius 2 is 1.63 bits per heavy atom. The zero-order valence-corrected chi connectivity index (χ0v) is 31.6. The molecule has 2 aliphatic heterocycles. The maximum atomic E-state index is 13.9. The van der Waals surface area contributed by atoms with E-state index >= 15 is 0 Å². The minimum atomic E-state index is -4.64. The van der Waals surface area contributed by atoms with Crippen molar-refractivity contribution in [1.82, 2.24) is 34.1 Å². The van der Waals surface area contributed by atoms with Gasteiger partial charge >= 0.3 is 11.9 Å². The number of imide groups is 1. The van der Waals surface area contributed by atoms with Gasteiger partial charge < -0.3 is 10.2 Å². The Morgan fingerprint density at radius 3 is 2.35 bits per heavy atom. The van der Waals surface area contributed by atoms with E-state index in [4.69, 9.17) is 5.10 Å². The predicted molar refractivity (Wildman–Crippen MR) is 207 cm³/mol. The van der Waals surface area contributed by atoms with Crippen LogP contribution >= 0.6 is 0 Å². The van der Waals surface area contributed by atoms with Gasteiger partial charge in [0.15, 0.2) is 0 Å². The lowest BCUT2D eigenvalue weighted by atomic mass is 9.85. The molecule has 16 heteroatoms. The van der Waals surface area contributed by atoms with Crippen molar-refractivity contribution in [3.63, 3.8) is 0 Å². The summed E-state index contributed by atoms with van der Waals surface area (Å²) in [4.78, 5) is 59.9. The van der Waals surface area contributed by atoms with Crippen LogP contribution in [0.15, 0.2) is 59.5 Å². The van der Waals surface area contributed by atoms with E-state index in [-0.39, 0.29) is 35.8 Å². The Morgan fingerprint density at radius 1 is 0.895 bits per heavy atom. The Kier molecular flexibility index (Phi) is 9.41. The van der Waals surface area contributed by atoms with Gasteiger partial charge in [0.05, 0.1) is 28.3 Å². The summed E-state index contributed by atoms with van der Waals surface area (Å²) < 4.78 is 45.0. The fourth-order valence-corrected chi connectivity index (χ4v) is 8.98. The van der Waals surface area contributed by atoms with Crippen LogP contribution in [0.3, 0.4) is 0 Å². The standard InChI is InChI=1S/C41H44F3N9O4/c1-24-20-31-26(21-30(24)46-38(55)29-4-2-7-35(45-29)41(42,43)44)23-51(48-31)27-10-8-25(9-11-27)22-49-16-18-50(19-17-49)32-5-3-6-33-37(32)52(28-12-13-28)40(57)53(33)34-14-15-36(54)47-39(34)56/h2-7,20-21,23,25,27-28,34H,8-19,22H2,1H3,(H,46,55)(H,47,54,56). The highest BCUT2D eigenvalue weighted by Gasteiger charge is 2.37. The highest BCUT2D eigenvalue weighted by atomic mass is 19.4. The van der Waals surface area contributed by atoms with Crippen molar-refractivity contribution in [1.29, 1.82) is 0 Å². The molecule has 0 bridgehead atoms. The first kappa shape index (κ1) is 37.1. The third-order valence-electron chi connectivity index (χ3n) is 12.1. The molecule has 1 atom stereocenters. The van der Waals surface area contributed by atoms with E-state index in [1.807, 2.05) is 46.6 Å². The molecule has 1 unspecified atom stereocenters. The number of para-hydroxylation sites is 1. The average Bonchev–Trinajstić information content (AvgIpc) is 3.87. The van der Waals surface area contributed by atoms with Gasteiger partial charge in [-0.2, -0.15) is 18.3 Å². The number of piperidine rings is 1. The zero-order valence-electron chi connectivity index (χ0n) is 31.6. The Balaban J connectivity index is 0.819. The van der Waals surface area contributed by atoms with Crippen molar-refractivity contribution >= 4 is 51.0 Å². The largest absolute Gasteiger partial charge is 0.433 e. The summed E-state index contributed by atoms with van der Waals surface area (Å²) in [5, 5.41) is 10.9. The number of benzene rings is 2. The summed E-state index contributed by atoms with van der Waals surface area (Å²) in [5.41, 5.74) is 3.09. The zero-order chi connectivity index (χ0) is 39.6. The van der Waals surface area contributed by atoms with Gasteiger partial charge in [-0.25, -0.2) is 9.78 Å². The van der Waals surface area contributed by atoms with E-state index in [2.05, 4.69) is 31.5 Å². The molecular formula is C41H44F3N9O4. The molecular weight excluding hydrogens is 740 g/mol. The van der Waals surface area contributed by atoms with Crippen LogP contribution in [0.25, 0.3) is 21.9 Å². The molecule has 2 aromatic carbocycles. The van der Waals surface area contributed by atoms with Crippen LogP contribution < -0.4 is 21.2 Å². The number of rotatable bonds is 8. The number of halogens is 3. The van der Waals surface area contributed by atoms with Crippen LogP contribution in [0.4, 0.5) is 24.5 Å². The molecule has 2 aliphatic carbocycles. The number of nitrogens with zero attached hydrogens (tertiary/aromatic N) is 7. The fourth-order valence-electron chi connectivity index (χ4n) is 8.98. The lowest BCUT2D eigenvalue weighted by Gasteiger charge is -2.39. The molecule has 0 radical (unpaired) electrons. The van der Waals surface area contributed by atoms with Gasteiger partial charge in [-0.15, -0.1) is 0 Å². The number of hydrogen-bond donors (Lipinski definition) is 2. The van der Waals surface area contributed by atoms with Crippen molar-refractivity contribution in [2.45, 2.75) is 82.6 Å². The van der Waals surface area contributed by atoms with E-state index in [1.165, 1.54) is 12.1 Å². The second-order valence-electron chi connectivity index (χ2n) is 16.0. The molecule has 0 spiro atoms. The number of imidazole rings is 1. The summed E-state index contributed by atoms with van der Waals surface area (Å²) in [6, 6.07) is 12.6. The molecule has 9 rings (SSSR count). The first-order chi connectivity index (χ1) is 27.4. The maximum absolute atomic E-state index is 13.9. The highest BCUT2D eigenvalue weighted by molar-refractivity contribution is 6.04. The summed E-state index contributed by atoms with van der Waals surface area (Å²) in [6.45, 7) is 6.32. The number of carbonyl (C=O) groups is 3. The molecule has 298 valence electrons. The SMILES string of the molecule is Cc1cc2nn(C3CCC(CN4CCN(c5cccc6c5n(C5CC5)c(=O)n6C5CCC(=O)NC5=O)CC4)CC3)cc2cc1NC(=O)c1cccc(C(F)(F)F)n1. The van der Waals surface area contributed by atoms with Crippen LogP contribution in [0.1, 0.15) is 91.2 Å². The molecule has 4 aliphatic rings. The minimum absolute atomic E-state index is 0.125. The van der Waals surface area contributed by atoms with Gasteiger partial charge in [0.25, 0.3) is 5.91 Å². The first-order valence-electron chi connectivity index (χ1n) is 19.8. The number of alkyl halides is 3. The van der Waals surface area contributed by atoms with Crippen molar-refractivity contribution < 1.29 is 27.6 Å². The summed E-state index contributed by atoms with van der Waals surface area (Å²) in [6.07, 6.45) is 3.87. The quantitative estimate of drug-likeness (QED) is 0.183. The maximum Gasteiger partial charge on any atom is 0.433 e. The number of pyridine rings is 1. The number of anilines is 2. The average molecular weight is 784 g/mol. The van der Waals surface area contributed by atoms with Gasteiger partial charge in [-0.1, -0.05) is 12.1 Å². The Bertz CT molecular complexity index is 2450. The number of fused-ring (bicyclic) bond motifs is 2. The molecule has 5 aromatic rings. The van der Waals surface area contributed by atoms with Gasteiger partial charge in [0.1, 0.15) is 17.4 Å². The van der Waals surface area contributed by atoms with Crippen molar-refractivity contribution in [3.05, 3.63) is 82.2 Å². The monoisotopic (exact) mass is 783 g/mol. The summed E-state index contributed by atoms with van der Waals surface area (Å²) in [7, 11) is 0. The molecule has 2 N–H and O–H groups in total. The number of hydrogen-bond acceptors (Lipinski definition) is 8. The van der Waals surface area contributed by atoms with Crippen LogP contribution in [0, 0.1) is 12.8 Å². The van der Waals surface area contributed by atoms with E-state index < -0.39 is 29.7 Å². The second kappa shape index (κ2) is 14.5. The molecule has 2 saturated carbocycles. The molecule has 2 saturated heterocycles. The van der Waals surface area contributed by atoms with Crippen LogP contribution in [-0.4, -0.2) is 79.2 Å².